The Hall–Kier alpha value is -3.67. The van der Waals surface area contributed by atoms with E-state index in [0.717, 1.165) is 6.16 Å². The Labute approximate surface area is 227 Å². The van der Waals surface area contributed by atoms with Crippen molar-refractivity contribution < 1.29 is 0 Å². The van der Waals surface area contributed by atoms with Gasteiger partial charge in [0.15, 0.2) is 0 Å². The molecule has 38 heavy (non-hydrogen) atoms. The van der Waals surface area contributed by atoms with E-state index in [-0.39, 0.29) is 6.71 Å². The van der Waals surface area contributed by atoms with Gasteiger partial charge < -0.3 is 0 Å². The van der Waals surface area contributed by atoms with E-state index in [1.54, 1.807) is 0 Å². The third kappa shape index (κ3) is 5.17. The molecule has 0 nitrogen and oxygen atoms in total. The van der Waals surface area contributed by atoms with Crippen LogP contribution in [0.1, 0.15) is 5.56 Å². The molecule has 0 bridgehead atoms. The van der Waals surface area contributed by atoms with Gasteiger partial charge in [-0.1, -0.05) is 0 Å². The second-order valence-electron chi connectivity index (χ2n) is 11.6. The Morgan fingerprint density at radius 2 is 0.947 bits per heavy atom. The Morgan fingerprint density at radius 1 is 0.526 bits per heavy atom. The zero-order chi connectivity index (χ0) is 26.1. The molecule has 0 aliphatic heterocycles. The van der Waals surface area contributed by atoms with Crippen LogP contribution in [0.4, 0.5) is 0 Å². The molecule has 186 valence electrons. The van der Waals surface area contributed by atoms with Crippen LogP contribution in [0.2, 0.25) is 0 Å². The predicted octanol–water partition coefficient (Wildman–Crippen LogP) is 8.02. The number of rotatable bonds is 6. The van der Waals surface area contributed by atoms with E-state index in [1.165, 1.54) is 54.3 Å². The van der Waals surface area contributed by atoms with E-state index in [0.29, 0.717) is 0 Å². The fourth-order valence-corrected chi connectivity index (χ4v) is 6.35. The molecule has 0 N–H and O–H groups in total. The van der Waals surface area contributed by atoms with Gasteiger partial charge in [0, 0.05) is 0 Å². The minimum absolute atomic E-state index is 0.140. The van der Waals surface area contributed by atoms with Gasteiger partial charge in [-0.2, -0.15) is 0 Å². The molecule has 6 rings (SSSR count). The average molecular weight is 508 g/mol. The zero-order valence-corrected chi connectivity index (χ0v) is 23.5. The van der Waals surface area contributed by atoms with Crippen molar-refractivity contribution in [3.05, 3.63) is 139 Å². The van der Waals surface area contributed by atoms with Crippen molar-refractivity contribution in [2.24, 2.45) is 0 Å². The van der Waals surface area contributed by atoms with Crippen LogP contribution in [0.25, 0.3) is 37.8 Å². The van der Waals surface area contributed by atoms with Gasteiger partial charge in [0.25, 0.3) is 0 Å². The number of benzene rings is 6. The molecule has 0 heterocycles. The van der Waals surface area contributed by atoms with Crippen molar-refractivity contribution in [2.45, 2.75) is 0 Å². The third-order valence-corrected chi connectivity index (χ3v) is 8.97. The Kier molecular flexibility index (Phi) is 6.65. The Morgan fingerprint density at radius 3 is 1.42 bits per heavy atom. The fourth-order valence-electron chi connectivity index (χ4n) is 5.51. The van der Waals surface area contributed by atoms with Crippen LogP contribution in [0.5, 0.6) is 0 Å². The molecular formula is C36H34BP. The molecule has 0 saturated heterocycles. The minimum atomic E-state index is -1.32. The van der Waals surface area contributed by atoms with E-state index >= 15 is 0 Å². The molecule has 0 unspecified atom stereocenters. The number of fused-ring (bicyclic) bond motifs is 3. The molecule has 2 heteroatoms. The molecule has 0 amide bonds. The van der Waals surface area contributed by atoms with Gasteiger partial charge in [-0.25, -0.2) is 0 Å². The maximum absolute atomic E-state index is 2.56. The summed E-state index contributed by atoms with van der Waals surface area (Å²) in [5, 5.41) is 7.73. The number of hydrogen-bond donors (Lipinski definition) is 0. The summed E-state index contributed by atoms with van der Waals surface area (Å²) in [6, 6.07) is 47.2. The van der Waals surface area contributed by atoms with E-state index < -0.39 is 7.26 Å². The molecule has 0 atom stereocenters. The summed E-state index contributed by atoms with van der Waals surface area (Å²) in [4.78, 5) is 0. The molecule has 0 radical (unpaired) electrons. The molecule has 0 fully saturated rings. The zero-order valence-electron chi connectivity index (χ0n) is 22.5. The number of allylic oxidation sites excluding steroid dienone is 1. The monoisotopic (exact) mass is 508 g/mol. The normalized spacial score (nSPS) is 12.8. The molecule has 0 saturated carbocycles. The topological polar surface area (TPSA) is 0 Å². The van der Waals surface area contributed by atoms with Crippen LogP contribution in [-0.4, -0.2) is 32.9 Å². The van der Waals surface area contributed by atoms with Crippen LogP contribution in [0.15, 0.2) is 133 Å². The quantitative estimate of drug-likeness (QED) is 0.158. The van der Waals surface area contributed by atoms with Crippen molar-refractivity contribution in [2.75, 3.05) is 26.2 Å². The van der Waals surface area contributed by atoms with Gasteiger partial charge in [-0.05, 0) is 0 Å². The summed E-state index contributed by atoms with van der Waals surface area (Å²) in [5.41, 5.74) is 5.40. The van der Waals surface area contributed by atoms with Crippen LogP contribution in [-0.2, 0) is 0 Å². The predicted molar refractivity (Wildman–Crippen MR) is 176 cm³/mol. The molecule has 0 aliphatic rings. The first-order chi connectivity index (χ1) is 18.4. The summed E-state index contributed by atoms with van der Waals surface area (Å²) >= 11 is 0. The Balaban J connectivity index is 1.61. The average Bonchev–Trinajstić information content (AvgIpc) is 2.94. The van der Waals surface area contributed by atoms with Crippen molar-refractivity contribution in [3.8, 4) is 0 Å². The van der Waals surface area contributed by atoms with E-state index in [1.807, 2.05) is 0 Å². The van der Waals surface area contributed by atoms with Gasteiger partial charge in [0.1, 0.15) is 0 Å². The molecule has 0 aliphatic carbocycles. The molecule has 6 aromatic carbocycles. The first-order valence-electron chi connectivity index (χ1n) is 13.6. The van der Waals surface area contributed by atoms with Crippen LogP contribution >= 0.6 is 7.26 Å². The summed E-state index contributed by atoms with van der Waals surface area (Å²) in [5.74, 6) is 0. The second kappa shape index (κ2) is 10.2. The van der Waals surface area contributed by atoms with Crippen molar-refractivity contribution in [3.63, 3.8) is 0 Å². The van der Waals surface area contributed by atoms with Crippen molar-refractivity contribution >= 4 is 62.7 Å². The van der Waals surface area contributed by atoms with Crippen LogP contribution < -0.4 is 10.9 Å². The molecule has 6 aromatic rings. The van der Waals surface area contributed by atoms with Gasteiger partial charge in [-0.15, -0.1) is 0 Å². The van der Waals surface area contributed by atoms with Gasteiger partial charge >= 0.3 is 228 Å². The number of hydrogen-bond acceptors (Lipinski definition) is 0. The molecule has 0 aromatic heterocycles. The van der Waals surface area contributed by atoms with Crippen molar-refractivity contribution in [1.82, 2.24) is 0 Å². The summed E-state index contributed by atoms with van der Waals surface area (Å²) in [6.07, 6.45) is 3.71. The third-order valence-electron chi connectivity index (χ3n) is 7.54. The van der Waals surface area contributed by atoms with Crippen molar-refractivity contribution in [1.29, 1.82) is 0 Å². The van der Waals surface area contributed by atoms with E-state index in [2.05, 4.69) is 153 Å². The van der Waals surface area contributed by atoms with Gasteiger partial charge in [0.2, 0.25) is 0 Å². The van der Waals surface area contributed by atoms with Crippen LogP contribution in [0, 0.1) is 0 Å². The molecule has 0 spiro atoms. The SMILES string of the molecule is C[PH](C)(C)C/C=C(\B(c1ccc2ccccc2c1)c1ccc2ccccc2c1)c1ccc2ccccc2c1. The summed E-state index contributed by atoms with van der Waals surface area (Å²) < 4.78 is 0. The van der Waals surface area contributed by atoms with E-state index in [4.69, 9.17) is 0 Å². The van der Waals surface area contributed by atoms with Gasteiger partial charge in [0.05, 0.1) is 0 Å². The fraction of sp³-hybridized carbons (Fsp3) is 0.111. The molecular weight excluding hydrogens is 474 g/mol. The van der Waals surface area contributed by atoms with Gasteiger partial charge in [-0.3, -0.25) is 0 Å². The maximum atomic E-state index is 2.56. The summed E-state index contributed by atoms with van der Waals surface area (Å²) in [7, 11) is -1.32. The second-order valence-corrected chi connectivity index (χ2v) is 17.2. The Bertz CT molecular complexity index is 1710. The van der Waals surface area contributed by atoms with Crippen LogP contribution in [0.3, 0.4) is 0 Å². The standard InChI is InChI=1S/C36H34BP/c1-38(2,3)23-22-36(33-17-16-27-10-4-7-13-30(27)24-33)37(34-20-18-28-11-5-8-14-31(28)25-34)35-21-19-29-12-6-9-15-32(29)26-35/h4-22,24-26,38H,23H2,1-3H3/b36-22-. The first-order valence-corrected chi connectivity index (χ1v) is 17.3. The first kappa shape index (κ1) is 24.7. The van der Waals surface area contributed by atoms with E-state index in [9.17, 15) is 0 Å². The summed E-state index contributed by atoms with van der Waals surface area (Å²) in [6.45, 7) is 7.52.